The van der Waals surface area contributed by atoms with E-state index < -0.39 is 5.97 Å². The van der Waals surface area contributed by atoms with Crippen LogP contribution in [0.3, 0.4) is 0 Å². The summed E-state index contributed by atoms with van der Waals surface area (Å²) in [5, 5.41) is 0. The van der Waals surface area contributed by atoms with Crippen molar-refractivity contribution >= 4 is 33.8 Å². The molecule has 0 amide bonds. The Morgan fingerprint density at radius 3 is 2.61 bits per heavy atom. The first-order valence-corrected chi connectivity index (χ1v) is 10.4. The number of benzene rings is 1. The summed E-state index contributed by atoms with van der Waals surface area (Å²) in [6, 6.07) is 10.9. The number of fused-ring (bicyclic) bond motifs is 1. The topological polar surface area (TPSA) is 79.9 Å². The first kappa shape index (κ1) is 21.0. The summed E-state index contributed by atoms with van der Waals surface area (Å²) in [6.45, 7) is 4.45. The van der Waals surface area contributed by atoms with Gasteiger partial charge < -0.3 is 23.2 Å². The lowest BCUT2D eigenvalue weighted by molar-refractivity contribution is -0.136. The Hall–Kier alpha value is -3.26. The molecule has 0 bridgehead atoms. The van der Waals surface area contributed by atoms with Crippen LogP contribution in [0.2, 0.25) is 0 Å². The summed E-state index contributed by atoms with van der Waals surface area (Å²) in [5.74, 6) is 0.975. The predicted molar refractivity (Wildman–Crippen MR) is 117 cm³/mol. The number of ether oxygens (including phenoxy) is 3. The number of halogens is 1. The van der Waals surface area contributed by atoms with Crippen LogP contribution in [0.5, 0.6) is 11.5 Å². The van der Waals surface area contributed by atoms with Gasteiger partial charge in [0.1, 0.15) is 19.0 Å². The highest BCUT2D eigenvalue weighted by atomic mass is 79.9. The molecule has 3 aromatic rings. The van der Waals surface area contributed by atoms with Gasteiger partial charge in [-0.1, -0.05) is 0 Å². The molecule has 0 aliphatic carbocycles. The van der Waals surface area contributed by atoms with Gasteiger partial charge in [0, 0.05) is 34.8 Å². The zero-order valence-corrected chi connectivity index (χ0v) is 18.6. The highest BCUT2D eigenvalue weighted by Crippen LogP contribution is 2.33. The fourth-order valence-electron chi connectivity index (χ4n) is 3.44. The van der Waals surface area contributed by atoms with E-state index in [0.29, 0.717) is 40.7 Å². The van der Waals surface area contributed by atoms with E-state index in [1.54, 1.807) is 18.2 Å². The van der Waals surface area contributed by atoms with E-state index in [1.165, 1.54) is 12.2 Å². The lowest BCUT2D eigenvalue weighted by atomic mass is 10.1. The highest BCUT2D eigenvalue weighted by Gasteiger charge is 2.19. The number of ketones is 1. The predicted octanol–water partition coefficient (Wildman–Crippen LogP) is 4.66. The fraction of sp³-hybridized carbons (Fsp3) is 0.217. The maximum Gasteiger partial charge on any atom is 0.331 e. The van der Waals surface area contributed by atoms with Gasteiger partial charge in [-0.15, -0.1) is 0 Å². The molecule has 4 rings (SSSR count). The molecule has 7 nitrogen and oxygen atoms in total. The molecule has 2 aromatic heterocycles. The number of nitrogens with zero attached hydrogens (tertiary/aromatic N) is 1. The molecule has 0 atom stereocenters. The molecule has 1 aromatic carbocycles. The molecular formula is C23H20BrNO6. The van der Waals surface area contributed by atoms with Crippen molar-refractivity contribution in [3.05, 3.63) is 69.9 Å². The molecule has 31 heavy (non-hydrogen) atoms. The molecule has 1 aliphatic heterocycles. The second-order valence-electron chi connectivity index (χ2n) is 6.95. The number of hydrogen-bond acceptors (Lipinski definition) is 6. The van der Waals surface area contributed by atoms with Crippen molar-refractivity contribution in [2.75, 3.05) is 19.8 Å². The third-order valence-corrected chi connectivity index (χ3v) is 5.26. The average Bonchev–Trinajstić information content (AvgIpc) is 3.32. The van der Waals surface area contributed by atoms with E-state index in [2.05, 4.69) is 15.9 Å². The Bertz CT molecular complexity index is 1170. The van der Waals surface area contributed by atoms with Crippen LogP contribution < -0.4 is 9.47 Å². The third kappa shape index (κ3) is 4.59. The number of aryl methyl sites for hydroxylation is 1. The molecule has 0 unspecified atom stereocenters. The van der Waals surface area contributed by atoms with Gasteiger partial charge in [-0.25, -0.2) is 4.79 Å². The highest BCUT2D eigenvalue weighted by molar-refractivity contribution is 9.10. The Balaban J connectivity index is 1.46. The van der Waals surface area contributed by atoms with E-state index in [9.17, 15) is 9.59 Å². The van der Waals surface area contributed by atoms with E-state index in [4.69, 9.17) is 18.6 Å². The number of rotatable bonds is 6. The Labute approximate surface area is 187 Å². The van der Waals surface area contributed by atoms with Crippen molar-refractivity contribution in [1.29, 1.82) is 0 Å². The van der Waals surface area contributed by atoms with E-state index in [1.807, 2.05) is 36.6 Å². The van der Waals surface area contributed by atoms with Crippen LogP contribution in [0.15, 0.2) is 51.6 Å². The van der Waals surface area contributed by atoms with Crippen molar-refractivity contribution in [2.45, 2.75) is 13.8 Å². The molecule has 0 saturated heterocycles. The first-order chi connectivity index (χ1) is 14.9. The van der Waals surface area contributed by atoms with Gasteiger partial charge in [0.2, 0.25) is 5.78 Å². The maximum absolute atomic E-state index is 12.7. The summed E-state index contributed by atoms with van der Waals surface area (Å²) in [7, 11) is 0. The lowest BCUT2D eigenvalue weighted by Crippen LogP contribution is -2.16. The molecule has 0 N–H and O–H groups in total. The van der Waals surface area contributed by atoms with Gasteiger partial charge in [-0.3, -0.25) is 4.79 Å². The van der Waals surface area contributed by atoms with Gasteiger partial charge >= 0.3 is 5.97 Å². The normalized spacial score (nSPS) is 12.9. The van der Waals surface area contributed by atoms with E-state index in [-0.39, 0.29) is 12.4 Å². The number of Topliss-reactive ketones (excluding diaryl/α,β-unsaturated/α-hetero) is 1. The summed E-state index contributed by atoms with van der Waals surface area (Å²) >= 11 is 3.19. The summed E-state index contributed by atoms with van der Waals surface area (Å²) in [4.78, 5) is 24.6. The Morgan fingerprint density at radius 1 is 1.10 bits per heavy atom. The van der Waals surface area contributed by atoms with Crippen LogP contribution in [0.1, 0.15) is 27.5 Å². The van der Waals surface area contributed by atoms with Gasteiger partial charge in [0.25, 0.3) is 0 Å². The van der Waals surface area contributed by atoms with Crippen LogP contribution in [-0.2, 0) is 9.53 Å². The van der Waals surface area contributed by atoms with Gasteiger partial charge in [-0.05, 0) is 66.2 Å². The second-order valence-corrected chi connectivity index (χ2v) is 7.74. The molecule has 0 fully saturated rings. The molecule has 3 heterocycles. The summed E-state index contributed by atoms with van der Waals surface area (Å²) < 4.78 is 24.1. The molecule has 1 aliphatic rings. The number of carbonyl (C=O) groups excluding carboxylic acids is 2. The van der Waals surface area contributed by atoms with Crippen LogP contribution >= 0.6 is 15.9 Å². The number of furan rings is 1. The quantitative estimate of drug-likeness (QED) is 0.287. The van der Waals surface area contributed by atoms with E-state index >= 15 is 0 Å². The van der Waals surface area contributed by atoms with Crippen molar-refractivity contribution in [3.63, 3.8) is 0 Å². The molecule has 0 spiro atoms. The Morgan fingerprint density at radius 2 is 1.87 bits per heavy atom. The zero-order valence-electron chi connectivity index (χ0n) is 17.0. The summed E-state index contributed by atoms with van der Waals surface area (Å²) in [5.41, 5.74) is 3.00. The minimum Gasteiger partial charge on any atom is -0.486 e. The largest absolute Gasteiger partial charge is 0.486 e. The maximum atomic E-state index is 12.7. The number of hydrogen-bond donors (Lipinski definition) is 0. The summed E-state index contributed by atoms with van der Waals surface area (Å²) in [6.07, 6.45) is 2.70. The lowest BCUT2D eigenvalue weighted by Gasteiger charge is -2.20. The van der Waals surface area contributed by atoms with Crippen LogP contribution in [0, 0.1) is 13.8 Å². The number of carbonyl (C=O) groups is 2. The van der Waals surface area contributed by atoms with E-state index in [0.717, 1.165) is 17.1 Å². The molecular weight excluding hydrogens is 466 g/mol. The van der Waals surface area contributed by atoms with Crippen molar-refractivity contribution in [2.24, 2.45) is 0 Å². The zero-order chi connectivity index (χ0) is 22.0. The average molecular weight is 486 g/mol. The number of esters is 1. The molecule has 0 radical (unpaired) electrons. The third-order valence-electron chi connectivity index (χ3n) is 4.84. The second kappa shape index (κ2) is 8.85. The number of aromatic nitrogens is 1. The van der Waals surface area contributed by atoms with Crippen LogP contribution in [0.25, 0.3) is 11.8 Å². The SMILES string of the molecule is Cc1cc(C(=O)COC(=O)C=Cc2ccc(Br)o2)c(C)n1-c1ccc2c(c1)OCCO2. The minimum absolute atomic E-state index is 0.278. The van der Waals surface area contributed by atoms with Crippen molar-refractivity contribution in [3.8, 4) is 17.2 Å². The minimum atomic E-state index is -0.624. The van der Waals surface area contributed by atoms with Gasteiger partial charge in [0.15, 0.2) is 22.8 Å². The smallest absolute Gasteiger partial charge is 0.331 e. The van der Waals surface area contributed by atoms with Gasteiger partial charge in [-0.2, -0.15) is 0 Å². The molecule has 0 saturated carbocycles. The molecule has 8 heteroatoms. The van der Waals surface area contributed by atoms with Crippen LogP contribution in [-0.4, -0.2) is 36.1 Å². The van der Waals surface area contributed by atoms with Crippen LogP contribution in [0.4, 0.5) is 0 Å². The Kier molecular flexibility index (Phi) is 5.99. The first-order valence-electron chi connectivity index (χ1n) is 9.65. The molecule has 160 valence electrons. The van der Waals surface area contributed by atoms with Crippen molar-refractivity contribution in [1.82, 2.24) is 4.57 Å². The van der Waals surface area contributed by atoms with Crippen molar-refractivity contribution < 1.29 is 28.2 Å². The van der Waals surface area contributed by atoms with Gasteiger partial charge in [0.05, 0.1) is 0 Å². The standard InChI is InChI=1S/C23H20BrNO6/c1-14-11-18(19(26)13-30-23(27)8-5-17-4-7-22(24)31-17)15(2)25(14)16-3-6-20-21(12-16)29-10-9-28-20/h3-8,11-12H,9-10,13H2,1-2H3. The fourth-order valence-corrected chi connectivity index (χ4v) is 3.76. The monoisotopic (exact) mass is 485 g/mol.